The summed E-state index contributed by atoms with van der Waals surface area (Å²) in [6.07, 6.45) is 0.934. The van der Waals surface area contributed by atoms with Gasteiger partial charge in [-0.25, -0.2) is 4.98 Å². The van der Waals surface area contributed by atoms with E-state index in [1.54, 1.807) is 24.3 Å². The number of nitrogens with zero attached hydrogens (tertiary/aromatic N) is 4. The van der Waals surface area contributed by atoms with Crippen LogP contribution in [0.2, 0.25) is 5.02 Å². The Labute approximate surface area is 158 Å². The predicted octanol–water partition coefficient (Wildman–Crippen LogP) is 3.19. The maximum atomic E-state index is 12.6. The monoisotopic (exact) mass is 374 g/mol. The Hall–Kier alpha value is -2.34. The fourth-order valence-corrected chi connectivity index (χ4v) is 3.01. The van der Waals surface area contributed by atoms with Gasteiger partial charge in [-0.1, -0.05) is 18.5 Å². The van der Waals surface area contributed by atoms with Gasteiger partial charge in [-0.15, -0.1) is 0 Å². The van der Waals surface area contributed by atoms with Crippen LogP contribution < -0.4 is 9.64 Å². The van der Waals surface area contributed by atoms with Crippen LogP contribution in [0.4, 0.5) is 5.82 Å². The lowest BCUT2D eigenvalue weighted by molar-refractivity contribution is 0.0746. The Morgan fingerprint density at radius 2 is 1.85 bits per heavy atom. The normalized spacial score (nSPS) is 14.4. The van der Waals surface area contributed by atoms with Crippen molar-refractivity contribution in [2.45, 2.75) is 20.3 Å². The van der Waals surface area contributed by atoms with Gasteiger partial charge in [0.2, 0.25) is 5.88 Å². The first-order valence-corrected chi connectivity index (χ1v) is 9.23. The Morgan fingerprint density at radius 3 is 2.50 bits per heavy atom. The summed E-state index contributed by atoms with van der Waals surface area (Å²) in [6.45, 7) is 7.31. The highest BCUT2D eigenvalue weighted by Gasteiger charge is 2.23. The van der Waals surface area contributed by atoms with E-state index in [-0.39, 0.29) is 5.91 Å². The molecule has 0 saturated carbocycles. The van der Waals surface area contributed by atoms with Crippen LogP contribution >= 0.6 is 11.6 Å². The second-order valence-corrected chi connectivity index (χ2v) is 6.68. The molecule has 0 radical (unpaired) electrons. The number of aryl methyl sites for hydroxylation is 1. The first kappa shape index (κ1) is 18.5. The summed E-state index contributed by atoms with van der Waals surface area (Å²) in [5.41, 5.74) is 0.663. The van der Waals surface area contributed by atoms with E-state index >= 15 is 0 Å². The Kier molecular flexibility index (Phi) is 5.93. The van der Waals surface area contributed by atoms with Crippen molar-refractivity contribution in [3.8, 4) is 5.88 Å². The van der Waals surface area contributed by atoms with Crippen molar-refractivity contribution in [1.29, 1.82) is 0 Å². The third kappa shape index (κ3) is 4.43. The molecule has 0 atom stereocenters. The number of hydrogen-bond donors (Lipinski definition) is 0. The lowest BCUT2D eigenvalue weighted by atomic mass is 10.2. The molecular formula is C19H23ClN4O2. The summed E-state index contributed by atoms with van der Waals surface area (Å²) in [4.78, 5) is 25.5. The fraction of sp³-hybridized carbons (Fsp3) is 0.421. The van der Waals surface area contributed by atoms with Crippen molar-refractivity contribution in [2.24, 2.45) is 0 Å². The van der Waals surface area contributed by atoms with Gasteiger partial charge in [0.15, 0.2) is 0 Å². The highest BCUT2D eigenvalue weighted by Crippen LogP contribution is 2.20. The highest BCUT2D eigenvalue weighted by molar-refractivity contribution is 6.30. The number of piperazine rings is 1. The average molecular weight is 375 g/mol. The van der Waals surface area contributed by atoms with E-state index in [0.717, 1.165) is 25.3 Å². The average Bonchev–Trinajstić information content (AvgIpc) is 2.66. The molecule has 1 aliphatic heterocycles. The molecule has 6 nitrogen and oxygen atoms in total. The molecule has 7 heteroatoms. The standard InChI is InChI=1S/C19H23ClN4O2/c1-3-12-26-18-13-17(21-14(2)22-18)23-8-10-24(11-9-23)19(25)15-4-6-16(20)7-5-15/h4-7,13H,3,8-12H2,1-2H3. The third-order valence-corrected chi connectivity index (χ3v) is 4.49. The van der Waals surface area contributed by atoms with Gasteiger partial charge in [0.25, 0.3) is 5.91 Å². The van der Waals surface area contributed by atoms with Crippen LogP contribution in [-0.4, -0.2) is 53.6 Å². The molecule has 1 aromatic carbocycles. The number of carbonyl (C=O) groups excluding carboxylic acids is 1. The number of halogens is 1. The fourth-order valence-electron chi connectivity index (χ4n) is 2.88. The number of amides is 1. The summed E-state index contributed by atoms with van der Waals surface area (Å²) < 4.78 is 5.64. The van der Waals surface area contributed by atoms with E-state index in [0.29, 0.717) is 42.0 Å². The Bertz CT molecular complexity index is 759. The van der Waals surface area contributed by atoms with Crippen LogP contribution in [0.3, 0.4) is 0 Å². The molecule has 0 spiro atoms. The molecule has 26 heavy (non-hydrogen) atoms. The number of aromatic nitrogens is 2. The summed E-state index contributed by atoms with van der Waals surface area (Å²) in [5.74, 6) is 2.18. The SMILES string of the molecule is CCCOc1cc(N2CCN(C(=O)c3ccc(Cl)cc3)CC2)nc(C)n1. The molecule has 1 aliphatic rings. The lowest BCUT2D eigenvalue weighted by Gasteiger charge is -2.35. The van der Waals surface area contributed by atoms with Gasteiger partial charge in [-0.2, -0.15) is 4.98 Å². The van der Waals surface area contributed by atoms with Gasteiger partial charge < -0.3 is 14.5 Å². The number of ether oxygens (including phenoxy) is 1. The quantitative estimate of drug-likeness (QED) is 0.804. The molecule has 138 valence electrons. The van der Waals surface area contributed by atoms with Crippen LogP contribution in [-0.2, 0) is 0 Å². The van der Waals surface area contributed by atoms with E-state index in [1.807, 2.05) is 17.9 Å². The molecule has 0 unspecified atom stereocenters. The van der Waals surface area contributed by atoms with E-state index < -0.39 is 0 Å². The smallest absolute Gasteiger partial charge is 0.253 e. The van der Waals surface area contributed by atoms with Crippen LogP contribution in [0.5, 0.6) is 5.88 Å². The Balaban J connectivity index is 1.64. The summed E-state index contributed by atoms with van der Waals surface area (Å²) in [5, 5.41) is 0.631. The van der Waals surface area contributed by atoms with Gasteiger partial charge in [0.1, 0.15) is 11.6 Å². The first-order valence-electron chi connectivity index (χ1n) is 8.85. The summed E-state index contributed by atoms with van der Waals surface area (Å²) >= 11 is 5.89. The molecule has 0 N–H and O–H groups in total. The van der Waals surface area contributed by atoms with Crippen molar-refractivity contribution in [1.82, 2.24) is 14.9 Å². The number of rotatable bonds is 5. The van der Waals surface area contributed by atoms with Crippen LogP contribution in [0, 0.1) is 6.92 Å². The second kappa shape index (κ2) is 8.36. The van der Waals surface area contributed by atoms with Crippen molar-refractivity contribution < 1.29 is 9.53 Å². The predicted molar refractivity (Wildman–Crippen MR) is 102 cm³/mol. The highest BCUT2D eigenvalue weighted by atomic mass is 35.5. The number of anilines is 1. The van der Waals surface area contributed by atoms with Crippen molar-refractivity contribution in [3.05, 3.63) is 46.7 Å². The van der Waals surface area contributed by atoms with E-state index in [9.17, 15) is 4.79 Å². The maximum absolute atomic E-state index is 12.6. The molecule has 2 aromatic rings. The van der Waals surface area contributed by atoms with E-state index in [4.69, 9.17) is 16.3 Å². The largest absolute Gasteiger partial charge is 0.478 e. The molecule has 1 aromatic heterocycles. The first-order chi connectivity index (χ1) is 12.6. The van der Waals surface area contributed by atoms with Crippen molar-refractivity contribution in [3.63, 3.8) is 0 Å². The minimum atomic E-state index is 0.0344. The van der Waals surface area contributed by atoms with E-state index in [1.165, 1.54) is 0 Å². The van der Waals surface area contributed by atoms with Gasteiger partial charge in [0.05, 0.1) is 6.61 Å². The summed E-state index contributed by atoms with van der Waals surface area (Å²) in [7, 11) is 0. The molecule has 3 rings (SSSR count). The number of benzene rings is 1. The van der Waals surface area contributed by atoms with Crippen molar-refractivity contribution >= 4 is 23.3 Å². The minimum absolute atomic E-state index is 0.0344. The zero-order valence-electron chi connectivity index (χ0n) is 15.1. The third-order valence-electron chi connectivity index (χ3n) is 4.24. The van der Waals surface area contributed by atoms with Crippen LogP contribution in [0.15, 0.2) is 30.3 Å². The second-order valence-electron chi connectivity index (χ2n) is 6.25. The summed E-state index contributed by atoms with van der Waals surface area (Å²) in [6, 6.07) is 8.89. The van der Waals surface area contributed by atoms with E-state index in [2.05, 4.69) is 21.8 Å². The molecule has 1 fully saturated rings. The maximum Gasteiger partial charge on any atom is 0.253 e. The van der Waals surface area contributed by atoms with Crippen molar-refractivity contribution in [2.75, 3.05) is 37.7 Å². The molecule has 0 bridgehead atoms. The lowest BCUT2D eigenvalue weighted by Crippen LogP contribution is -2.49. The molecule has 1 saturated heterocycles. The van der Waals surface area contributed by atoms with Gasteiger partial charge in [-0.3, -0.25) is 4.79 Å². The van der Waals surface area contributed by atoms with Crippen LogP contribution in [0.25, 0.3) is 0 Å². The zero-order valence-corrected chi connectivity index (χ0v) is 15.9. The molecule has 1 amide bonds. The van der Waals surface area contributed by atoms with Crippen LogP contribution in [0.1, 0.15) is 29.5 Å². The number of hydrogen-bond acceptors (Lipinski definition) is 5. The van der Waals surface area contributed by atoms with Gasteiger partial charge in [0, 0.05) is 42.8 Å². The molecule has 2 heterocycles. The van der Waals surface area contributed by atoms with Gasteiger partial charge in [-0.05, 0) is 37.6 Å². The Morgan fingerprint density at radius 1 is 1.15 bits per heavy atom. The molecule has 0 aliphatic carbocycles. The molecular weight excluding hydrogens is 352 g/mol. The van der Waals surface area contributed by atoms with Gasteiger partial charge >= 0.3 is 0 Å². The minimum Gasteiger partial charge on any atom is -0.478 e. The number of carbonyl (C=O) groups is 1. The topological polar surface area (TPSA) is 58.6 Å². The zero-order chi connectivity index (χ0) is 18.5.